The summed E-state index contributed by atoms with van der Waals surface area (Å²) in [7, 11) is 0. The van der Waals surface area contributed by atoms with Gasteiger partial charge in [0.25, 0.3) is 0 Å². The van der Waals surface area contributed by atoms with Gasteiger partial charge in [0.05, 0.1) is 11.6 Å². The highest BCUT2D eigenvalue weighted by molar-refractivity contribution is 6.30. The first-order valence-electron chi connectivity index (χ1n) is 4.86. The van der Waals surface area contributed by atoms with Crippen LogP contribution in [-0.4, -0.2) is 17.8 Å². The molecule has 2 N–H and O–H groups in total. The van der Waals surface area contributed by atoms with Gasteiger partial charge in [-0.25, -0.2) is 4.39 Å². The Kier molecular flexibility index (Phi) is 4.51. The molecule has 1 unspecified atom stereocenters. The SMILES string of the molecule is CC(N[C@@H](C)CO)c1ccc(Cl)c(F)c1. The highest BCUT2D eigenvalue weighted by Gasteiger charge is 2.10. The van der Waals surface area contributed by atoms with Crippen molar-refractivity contribution >= 4 is 11.6 Å². The van der Waals surface area contributed by atoms with Crippen molar-refractivity contribution in [2.75, 3.05) is 6.61 Å². The van der Waals surface area contributed by atoms with Gasteiger partial charge in [-0.3, -0.25) is 0 Å². The van der Waals surface area contributed by atoms with Crippen LogP contribution >= 0.6 is 11.6 Å². The molecule has 0 aliphatic rings. The standard InChI is InChI=1S/C11H15ClFNO/c1-7(6-15)14-8(2)9-3-4-10(12)11(13)5-9/h3-5,7-8,14-15H,6H2,1-2H3/t7-,8?/m0/s1. The minimum Gasteiger partial charge on any atom is -0.395 e. The van der Waals surface area contributed by atoms with E-state index < -0.39 is 5.82 Å². The fourth-order valence-corrected chi connectivity index (χ4v) is 1.47. The van der Waals surface area contributed by atoms with Gasteiger partial charge in [-0.2, -0.15) is 0 Å². The zero-order chi connectivity index (χ0) is 11.4. The van der Waals surface area contributed by atoms with Crippen molar-refractivity contribution in [2.45, 2.75) is 25.9 Å². The number of aliphatic hydroxyl groups is 1. The van der Waals surface area contributed by atoms with Crippen molar-refractivity contribution in [3.63, 3.8) is 0 Å². The molecule has 15 heavy (non-hydrogen) atoms. The molecule has 0 fully saturated rings. The molecule has 0 aliphatic carbocycles. The lowest BCUT2D eigenvalue weighted by molar-refractivity contribution is 0.243. The average Bonchev–Trinajstić information content (AvgIpc) is 2.21. The first-order chi connectivity index (χ1) is 7.04. The molecule has 1 aromatic rings. The van der Waals surface area contributed by atoms with E-state index in [-0.39, 0.29) is 23.7 Å². The highest BCUT2D eigenvalue weighted by atomic mass is 35.5. The van der Waals surface area contributed by atoms with Crippen LogP contribution in [0.3, 0.4) is 0 Å². The van der Waals surface area contributed by atoms with Gasteiger partial charge in [-0.05, 0) is 31.5 Å². The molecule has 0 aliphatic heterocycles. The zero-order valence-corrected chi connectivity index (χ0v) is 9.55. The van der Waals surface area contributed by atoms with E-state index in [2.05, 4.69) is 5.32 Å². The van der Waals surface area contributed by atoms with Gasteiger partial charge in [0.2, 0.25) is 0 Å². The Morgan fingerprint density at radius 1 is 1.47 bits per heavy atom. The Bertz CT molecular complexity index is 332. The third kappa shape index (κ3) is 3.45. The number of rotatable bonds is 4. The number of nitrogens with one attached hydrogen (secondary N) is 1. The predicted octanol–water partition coefficient (Wildman–Crippen LogP) is 2.51. The quantitative estimate of drug-likeness (QED) is 0.835. The van der Waals surface area contributed by atoms with Crippen molar-refractivity contribution < 1.29 is 9.50 Å². The summed E-state index contributed by atoms with van der Waals surface area (Å²) < 4.78 is 13.1. The summed E-state index contributed by atoms with van der Waals surface area (Å²) in [6.07, 6.45) is 0. The van der Waals surface area contributed by atoms with Gasteiger partial charge in [-0.15, -0.1) is 0 Å². The van der Waals surface area contributed by atoms with E-state index in [0.29, 0.717) is 0 Å². The van der Waals surface area contributed by atoms with E-state index in [1.54, 1.807) is 6.07 Å². The monoisotopic (exact) mass is 231 g/mol. The largest absolute Gasteiger partial charge is 0.395 e. The fourth-order valence-electron chi connectivity index (χ4n) is 1.36. The van der Waals surface area contributed by atoms with Crippen LogP contribution in [0.1, 0.15) is 25.5 Å². The maximum Gasteiger partial charge on any atom is 0.142 e. The lowest BCUT2D eigenvalue weighted by atomic mass is 10.1. The van der Waals surface area contributed by atoms with Gasteiger partial charge in [0, 0.05) is 12.1 Å². The fraction of sp³-hybridized carbons (Fsp3) is 0.455. The molecule has 1 rings (SSSR count). The van der Waals surface area contributed by atoms with Gasteiger partial charge in [-0.1, -0.05) is 17.7 Å². The van der Waals surface area contributed by atoms with Crippen molar-refractivity contribution in [3.8, 4) is 0 Å². The van der Waals surface area contributed by atoms with E-state index >= 15 is 0 Å². The molecule has 2 atom stereocenters. The Balaban J connectivity index is 2.73. The smallest absolute Gasteiger partial charge is 0.142 e. The molecule has 84 valence electrons. The molecular formula is C11H15ClFNO. The molecule has 0 spiro atoms. The van der Waals surface area contributed by atoms with E-state index in [1.807, 2.05) is 13.8 Å². The number of aliphatic hydroxyl groups excluding tert-OH is 1. The van der Waals surface area contributed by atoms with Crippen LogP contribution < -0.4 is 5.32 Å². The van der Waals surface area contributed by atoms with E-state index in [0.717, 1.165) is 5.56 Å². The average molecular weight is 232 g/mol. The molecular weight excluding hydrogens is 217 g/mol. The summed E-state index contributed by atoms with van der Waals surface area (Å²) in [5.41, 5.74) is 0.817. The number of hydrogen-bond acceptors (Lipinski definition) is 2. The third-order valence-electron chi connectivity index (χ3n) is 2.25. The van der Waals surface area contributed by atoms with Crippen LogP contribution in [0.4, 0.5) is 4.39 Å². The van der Waals surface area contributed by atoms with Crippen LogP contribution in [0.5, 0.6) is 0 Å². The lowest BCUT2D eigenvalue weighted by Gasteiger charge is -2.18. The molecule has 1 aromatic carbocycles. The predicted molar refractivity (Wildman–Crippen MR) is 59.5 cm³/mol. The Labute approximate surface area is 94.1 Å². The summed E-state index contributed by atoms with van der Waals surface area (Å²) in [5, 5.41) is 12.1. The van der Waals surface area contributed by atoms with Crippen LogP contribution in [0.25, 0.3) is 0 Å². The van der Waals surface area contributed by atoms with Gasteiger partial charge in [0.15, 0.2) is 0 Å². The summed E-state index contributed by atoms with van der Waals surface area (Å²) in [5.74, 6) is -0.417. The number of hydrogen-bond donors (Lipinski definition) is 2. The Morgan fingerprint density at radius 3 is 2.67 bits per heavy atom. The molecule has 2 nitrogen and oxygen atoms in total. The van der Waals surface area contributed by atoms with Crippen molar-refractivity contribution in [1.29, 1.82) is 0 Å². The van der Waals surface area contributed by atoms with Crippen LogP contribution in [0, 0.1) is 5.82 Å². The summed E-state index contributed by atoms with van der Waals surface area (Å²) in [6, 6.07) is 4.68. The molecule has 4 heteroatoms. The first-order valence-corrected chi connectivity index (χ1v) is 5.24. The second-order valence-electron chi connectivity index (χ2n) is 3.65. The molecule has 0 radical (unpaired) electrons. The molecule has 0 amide bonds. The van der Waals surface area contributed by atoms with Gasteiger partial charge >= 0.3 is 0 Å². The molecule has 0 aromatic heterocycles. The van der Waals surface area contributed by atoms with E-state index in [9.17, 15) is 4.39 Å². The molecule has 0 heterocycles. The lowest BCUT2D eigenvalue weighted by Crippen LogP contribution is -2.31. The maximum atomic E-state index is 13.1. The maximum absolute atomic E-state index is 13.1. The van der Waals surface area contributed by atoms with Gasteiger partial charge < -0.3 is 10.4 Å². The van der Waals surface area contributed by atoms with Crippen LogP contribution in [0.15, 0.2) is 18.2 Å². The number of halogens is 2. The van der Waals surface area contributed by atoms with E-state index in [1.165, 1.54) is 12.1 Å². The highest BCUT2D eigenvalue weighted by Crippen LogP contribution is 2.20. The van der Waals surface area contributed by atoms with Crippen LogP contribution in [0.2, 0.25) is 5.02 Å². The van der Waals surface area contributed by atoms with Gasteiger partial charge in [0.1, 0.15) is 5.82 Å². The molecule has 0 saturated carbocycles. The van der Waals surface area contributed by atoms with Crippen molar-refractivity contribution in [3.05, 3.63) is 34.6 Å². The molecule has 0 bridgehead atoms. The zero-order valence-electron chi connectivity index (χ0n) is 8.80. The second-order valence-corrected chi connectivity index (χ2v) is 4.05. The second kappa shape index (κ2) is 5.45. The summed E-state index contributed by atoms with van der Waals surface area (Å²) >= 11 is 5.58. The first kappa shape index (κ1) is 12.4. The minimum absolute atomic E-state index is 0.0149. The Morgan fingerprint density at radius 2 is 2.13 bits per heavy atom. The normalized spacial score (nSPS) is 15.0. The third-order valence-corrected chi connectivity index (χ3v) is 2.56. The van der Waals surface area contributed by atoms with Crippen molar-refractivity contribution in [1.82, 2.24) is 5.32 Å². The van der Waals surface area contributed by atoms with E-state index in [4.69, 9.17) is 16.7 Å². The summed E-state index contributed by atoms with van der Waals surface area (Å²) in [4.78, 5) is 0. The summed E-state index contributed by atoms with van der Waals surface area (Å²) in [6.45, 7) is 3.83. The number of benzene rings is 1. The topological polar surface area (TPSA) is 32.3 Å². The van der Waals surface area contributed by atoms with Crippen molar-refractivity contribution in [2.24, 2.45) is 0 Å². The van der Waals surface area contributed by atoms with Crippen LogP contribution in [-0.2, 0) is 0 Å². The minimum atomic E-state index is -0.417. The Hall–Kier alpha value is -0.640. The molecule has 0 saturated heterocycles.